The maximum Gasteiger partial charge on any atom is 0.407 e. The van der Waals surface area contributed by atoms with E-state index >= 15 is 0 Å². The number of aryl methyl sites for hydroxylation is 2. The number of rotatable bonds is 5. The van der Waals surface area contributed by atoms with Crippen molar-refractivity contribution in [3.63, 3.8) is 0 Å². The van der Waals surface area contributed by atoms with E-state index in [0.717, 1.165) is 22.4 Å². The summed E-state index contributed by atoms with van der Waals surface area (Å²) in [7, 11) is 0. The number of alkyl carbamates (subject to hydrolysis) is 1. The number of benzene rings is 1. The molecule has 2 heterocycles. The summed E-state index contributed by atoms with van der Waals surface area (Å²) in [6.45, 7) is 4.20. The lowest BCUT2D eigenvalue weighted by Gasteiger charge is -2.14. The molecule has 1 aromatic carbocycles. The van der Waals surface area contributed by atoms with Gasteiger partial charge in [-0.25, -0.2) is 9.78 Å². The second-order valence-corrected chi connectivity index (χ2v) is 5.80. The number of cyclic esters (lactones) is 1. The van der Waals surface area contributed by atoms with Crippen LogP contribution in [0, 0.1) is 13.8 Å². The van der Waals surface area contributed by atoms with Gasteiger partial charge in [0.15, 0.2) is 0 Å². The topological polar surface area (TPSA) is 89.6 Å². The van der Waals surface area contributed by atoms with Crippen LogP contribution in [0.5, 0.6) is 11.6 Å². The van der Waals surface area contributed by atoms with E-state index in [1.807, 2.05) is 38.1 Å². The fourth-order valence-corrected chi connectivity index (χ4v) is 2.54. The number of nitrogens with one attached hydrogen (secondary N) is 2. The van der Waals surface area contributed by atoms with Gasteiger partial charge >= 0.3 is 6.09 Å². The summed E-state index contributed by atoms with van der Waals surface area (Å²) in [4.78, 5) is 27.4. The molecule has 1 aliphatic rings. The molecule has 25 heavy (non-hydrogen) atoms. The van der Waals surface area contributed by atoms with Gasteiger partial charge in [-0.3, -0.25) is 4.79 Å². The molecule has 1 fully saturated rings. The van der Waals surface area contributed by atoms with Crippen molar-refractivity contribution in [2.24, 2.45) is 0 Å². The minimum Gasteiger partial charge on any atom is -0.447 e. The van der Waals surface area contributed by atoms with Gasteiger partial charge in [-0.05, 0) is 31.0 Å². The number of para-hydroxylation sites is 1. The molecule has 3 rings (SSSR count). The smallest absolute Gasteiger partial charge is 0.407 e. The van der Waals surface area contributed by atoms with E-state index in [2.05, 4.69) is 15.6 Å². The lowest BCUT2D eigenvalue weighted by atomic mass is 10.1. The highest BCUT2D eigenvalue weighted by molar-refractivity contribution is 5.87. The molecule has 2 amide bonds. The largest absolute Gasteiger partial charge is 0.447 e. The fraction of sp³-hybridized carbons (Fsp3) is 0.278. The molecule has 0 bridgehead atoms. The molecule has 130 valence electrons. The Morgan fingerprint density at radius 3 is 2.76 bits per heavy atom. The second-order valence-electron chi connectivity index (χ2n) is 5.80. The fourth-order valence-electron chi connectivity index (χ4n) is 2.54. The number of nitrogens with zero attached hydrogens (tertiary/aromatic N) is 1. The third kappa shape index (κ3) is 3.88. The molecule has 2 aromatic rings. The predicted octanol–water partition coefficient (Wildman–Crippen LogP) is 2.22. The van der Waals surface area contributed by atoms with Crippen LogP contribution < -0.4 is 15.4 Å². The highest BCUT2D eigenvalue weighted by Gasteiger charge is 2.28. The molecule has 7 nitrogen and oxygen atoms in total. The predicted molar refractivity (Wildman–Crippen MR) is 90.3 cm³/mol. The Bertz CT molecular complexity index is 786. The van der Waals surface area contributed by atoms with Gasteiger partial charge < -0.3 is 20.1 Å². The molecule has 2 N–H and O–H groups in total. The Morgan fingerprint density at radius 1 is 1.32 bits per heavy atom. The molecule has 1 aliphatic heterocycles. The van der Waals surface area contributed by atoms with E-state index in [4.69, 9.17) is 9.47 Å². The minimum atomic E-state index is -0.674. The number of ether oxygens (including phenoxy) is 2. The van der Waals surface area contributed by atoms with Crippen molar-refractivity contribution in [3.8, 4) is 11.6 Å². The molecular weight excluding hydrogens is 322 g/mol. The van der Waals surface area contributed by atoms with Crippen LogP contribution >= 0.6 is 0 Å². The third-order valence-electron chi connectivity index (χ3n) is 3.90. The summed E-state index contributed by atoms with van der Waals surface area (Å²) in [5, 5.41) is 5.20. The molecule has 0 aliphatic carbocycles. The highest BCUT2D eigenvalue weighted by atomic mass is 16.6. The van der Waals surface area contributed by atoms with Crippen LogP contribution in [-0.4, -0.2) is 29.6 Å². The Morgan fingerprint density at radius 2 is 2.08 bits per heavy atom. The first-order chi connectivity index (χ1) is 12.0. The van der Waals surface area contributed by atoms with Gasteiger partial charge in [-0.1, -0.05) is 24.3 Å². The third-order valence-corrected chi connectivity index (χ3v) is 3.90. The van der Waals surface area contributed by atoms with Gasteiger partial charge in [0.05, 0.1) is 0 Å². The van der Waals surface area contributed by atoms with Crippen LogP contribution in [-0.2, 0) is 16.1 Å². The summed E-state index contributed by atoms with van der Waals surface area (Å²) >= 11 is 0. The molecule has 1 saturated heterocycles. The lowest BCUT2D eigenvalue weighted by Crippen LogP contribution is -2.42. The summed E-state index contributed by atoms with van der Waals surface area (Å²) in [6, 6.07) is 8.84. The molecule has 0 unspecified atom stereocenters. The van der Waals surface area contributed by atoms with Gasteiger partial charge in [0.1, 0.15) is 18.4 Å². The summed E-state index contributed by atoms with van der Waals surface area (Å²) in [5.41, 5.74) is 2.75. The molecule has 0 spiro atoms. The summed E-state index contributed by atoms with van der Waals surface area (Å²) in [6.07, 6.45) is 1.06. The van der Waals surface area contributed by atoms with Crippen molar-refractivity contribution in [1.82, 2.24) is 15.6 Å². The minimum absolute atomic E-state index is 0.0312. The van der Waals surface area contributed by atoms with Gasteiger partial charge in [0.2, 0.25) is 11.8 Å². The van der Waals surface area contributed by atoms with Crippen LogP contribution in [0.25, 0.3) is 0 Å². The maximum atomic E-state index is 12.1. The number of aromatic nitrogens is 1. The molecule has 0 radical (unpaired) electrons. The quantitative estimate of drug-likeness (QED) is 0.870. The van der Waals surface area contributed by atoms with Gasteiger partial charge in [-0.2, -0.15) is 0 Å². The van der Waals surface area contributed by atoms with E-state index in [0.29, 0.717) is 5.88 Å². The number of amides is 2. The first-order valence-corrected chi connectivity index (χ1v) is 7.93. The Kier molecular flexibility index (Phi) is 4.83. The van der Waals surface area contributed by atoms with Crippen LogP contribution in [0.3, 0.4) is 0 Å². The Hall–Kier alpha value is -3.09. The number of hydrogen-bond donors (Lipinski definition) is 2. The molecule has 0 saturated carbocycles. The number of carbonyl (C=O) groups excluding carboxylic acids is 2. The van der Waals surface area contributed by atoms with E-state index < -0.39 is 12.1 Å². The van der Waals surface area contributed by atoms with E-state index in [1.54, 1.807) is 12.3 Å². The van der Waals surface area contributed by atoms with Gasteiger partial charge in [-0.15, -0.1) is 0 Å². The van der Waals surface area contributed by atoms with Crippen molar-refractivity contribution in [1.29, 1.82) is 0 Å². The zero-order chi connectivity index (χ0) is 17.8. The van der Waals surface area contributed by atoms with Crippen LogP contribution in [0.15, 0.2) is 36.5 Å². The number of pyridine rings is 1. The number of hydrogen-bond acceptors (Lipinski definition) is 5. The summed E-state index contributed by atoms with van der Waals surface area (Å²) in [5.74, 6) is 0.880. The molecular formula is C18H19N3O4. The van der Waals surface area contributed by atoms with Crippen molar-refractivity contribution in [3.05, 3.63) is 53.2 Å². The second kappa shape index (κ2) is 7.21. The Labute approximate surface area is 145 Å². The first kappa shape index (κ1) is 16.8. The van der Waals surface area contributed by atoms with Crippen molar-refractivity contribution >= 4 is 12.0 Å². The normalized spacial score (nSPS) is 16.1. The summed E-state index contributed by atoms with van der Waals surface area (Å²) < 4.78 is 10.7. The van der Waals surface area contributed by atoms with E-state index in [9.17, 15) is 9.59 Å². The highest BCUT2D eigenvalue weighted by Crippen LogP contribution is 2.29. The van der Waals surface area contributed by atoms with E-state index in [-0.39, 0.29) is 19.1 Å². The molecule has 1 aromatic heterocycles. The van der Waals surface area contributed by atoms with Crippen LogP contribution in [0.2, 0.25) is 0 Å². The Balaban J connectivity index is 1.71. The van der Waals surface area contributed by atoms with Crippen LogP contribution in [0.4, 0.5) is 4.79 Å². The first-order valence-electron chi connectivity index (χ1n) is 7.93. The zero-order valence-corrected chi connectivity index (χ0v) is 14.0. The SMILES string of the molecule is Cc1cccc(C)c1Oc1ncccc1CNC(=O)[C@H]1COC(=O)N1. The van der Waals surface area contributed by atoms with Gasteiger partial charge in [0.25, 0.3) is 0 Å². The maximum absolute atomic E-state index is 12.1. The molecule has 1 atom stereocenters. The molecule has 7 heteroatoms. The van der Waals surface area contributed by atoms with Crippen LogP contribution in [0.1, 0.15) is 16.7 Å². The monoisotopic (exact) mass is 341 g/mol. The standard InChI is InChI=1S/C18H19N3O4/c1-11-5-3-6-12(2)15(11)25-17-13(7-4-8-19-17)9-20-16(22)14-10-24-18(23)21-14/h3-8,14H,9-10H2,1-2H3,(H,20,22)(H,21,23)/t14-/m1/s1. The zero-order valence-electron chi connectivity index (χ0n) is 14.0. The number of carbonyl (C=O) groups is 2. The van der Waals surface area contributed by atoms with E-state index in [1.165, 1.54) is 0 Å². The van der Waals surface area contributed by atoms with Gasteiger partial charge in [0, 0.05) is 18.3 Å². The lowest BCUT2D eigenvalue weighted by molar-refractivity contribution is -0.123. The van der Waals surface area contributed by atoms with Crippen molar-refractivity contribution < 1.29 is 19.1 Å². The van der Waals surface area contributed by atoms with Crippen molar-refractivity contribution in [2.75, 3.05) is 6.61 Å². The average molecular weight is 341 g/mol. The average Bonchev–Trinajstić information content (AvgIpc) is 3.03. The van der Waals surface area contributed by atoms with Crippen molar-refractivity contribution in [2.45, 2.75) is 26.4 Å².